The quantitative estimate of drug-likeness (QED) is 0.558. The Labute approximate surface area is 164 Å². The Kier molecular flexibility index (Phi) is 7.13. The largest absolute Gasteiger partial charge is 0.303 e. The maximum absolute atomic E-state index is 2.65. The average molecular weight is 454 g/mol. The van der Waals surface area contributed by atoms with Crippen LogP contribution in [0.15, 0.2) is 41.1 Å². The van der Waals surface area contributed by atoms with Gasteiger partial charge < -0.3 is 9.80 Å². The van der Waals surface area contributed by atoms with Crippen molar-refractivity contribution in [2.24, 2.45) is 5.92 Å². The highest BCUT2D eigenvalue weighted by atomic mass is 127. The molecule has 1 saturated heterocycles. The predicted octanol–water partition coefficient (Wildman–Crippen LogP) is 4.74. The molecule has 0 aliphatic carbocycles. The number of benzene rings is 1. The first-order valence-corrected chi connectivity index (χ1v) is 10.9. The van der Waals surface area contributed by atoms with Crippen molar-refractivity contribution in [1.82, 2.24) is 9.80 Å². The molecule has 0 atom stereocenters. The van der Waals surface area contributed by atoms with E-state index in [0.717, 1.165) is 12.5 Å². The van der Waals surface area contributed by atoms with Crippen LogP contribution in [0.5, 0.6) is 0 Å². The zero-order chi connectivity index (χ0) is 16.8. The number of halogens is 1. The third-order valence-corrected chi connectivity index (χ3v) is 6.39. The molecule has 2 heterocycles. The molecule has 2 nitrogen and oxygen atoms in total. The minimum atomic E-state index is 0.864. The lowest BCUT2D eigenvalue weighted by molar-refractivity contribution is 0.153. The van der Waals surface area contributed by atoms with Crippen molar-refractivity contribution in [3.05, 3.63) is 55.8 Å². The normalized spacial score (nSPS) is 16.8. The number of thiophene rings is 1. The third kappa shape index (κ3) is 5.83. The molecule has 0 amide bonds. The Morgan fingerprint density at radius 2 is 1.88 bits per heavy atom. The first-order chi connectivity index (χ1) is 11.7. The van der Waals surface area contributed by atoms with Crippen LogP contribution in [0.4, 0.5) is 0 Å². The maximum Gasteiger partial charge on any atom is 0.0239 e. The summed E-state index contributed by atoms with van der Waals surface area (Å²) >= 11 is 4.17. The van der Waals surface area contributed by atoms with Gasteiger partial charge >= 0.3 is 0 Å². The molecular formula is C20H27IN2S. The van der Waals surface area contributed by atoms with Crippen LogP contribution < -0.4 is 0 Å². The lowest BCUT2D eigenvalue weighted by atomic mass is 9.96. The van der Waals surface area contributed by atoms with Gasteiger partial charge in [0.25, 0.3) is 0 Å². The monoisotopic (exact) mass is 454 g/mol. The first-order valence-electron chi connectivity index (χ1n) is 8.85. The van der Waals surface area contributed by atoms with Crippen LogP contribution in [0.25, 0.3) is 0 Å². The molecular weight excluding hydrogens is 427 g/mol. The smallest absolute Gasteiger partial charge is 0.0239 e. The summed E-state index contributed by atoms with van der Waals surface area (Å²) in [6, 6.07) is 11.2. The fourth-order valence-corrected chi connectivity index (χ4v) is 4.55. The minimum absolute atomic E-state index is 0.864. The second kappa shape index (κ2) is 9.32. The lowest BCUT2D eigenvalue weighted by Crippen LogP contribution is -2.38. The SMILES string of the molecule is CN(Cc1ccsc1)CC1CCN(CCc2ccc(I)cc2)CC1. The number of likely N-dealkylation sites (tertiary alicyclic amines) is 1. The molecule has 1 aliphatic rings. The molecule has 0 spiro atoms. The Morgan fingerprint density at radius 3 is 2.54 bits per heavy atom. The van der Waals surface area contributed by atoms with Gasteiger partial charge in [0, 0.05) is 23.2 Å². The molecule has 4 heteroatoms. The molecule has 0 bridgehead atoms. The van der Waals surface area contributed by atoms with Gasteiger partial charge in [0.1, 0.15) is 0 Å². The molecule has 1 fully saturated rings. The van der Waals surface area contributed by atoms with E-state index < -0.39 is 0 Å². The molecule has 1 aromatic carbocycles. The fraction of sp³-hybridized carbons (Fsp3) is 0.500. The van der Waals surface area contributed by atoms with Crippen LogP contribution in [-0.2, 0) is 13.0 Å². The third-order valence-electron chi connectivity index (χ3n) is 4.94. The number of hydrogen-bond acceptors (Lipinski definition) is 3. The van der Waals surface area contributed by atoms with Gasteiger partial charge in [-0.05, 0) is 108 Å². The van der Waals surface area contributed by atoms with Crippen molar-refractivity contribution in [1.29, 1.82) is 0 Å². The van der Waals surface area contributed by atoms with Crippen LogP contribution in [0, 0.1) is 9.49 Å². The number of hydrogen-bond donors (Lipinski definition) is 0. The van der Waals surface area contributed by atoms with Crippen molar-refractivity contribution in [3.63, 3.8) is 0 Å². The Balaban J connectivity index is 1.35. The molecule has 3 rings (SSSR count). The van der Waals surface area contributed by atoms with E-state index in [1.807, 2.05) is 0 Å². The summed E-state index contributed by atoms with van der Waals surface area (Å²) in [5, 5.41) is 4.44. The van der Waals surface area contributed by atoms with E-state index in [-0.39, 0.29) is 0 Å². The van der Waals surface area contributed by atoms with Crippen molar-refractivity contribution in [2.45, 2.75) is 25.8 Å². The van der Waals surface area contributed by atoms with Crippen molar-refractivity contribution >= 4 is 33.9 Å². The van der Waals surface area contributed by atoms with Crippen LogP contribution in [0.2, 0.25) is 0 Å². The highest BCUT2D eigenvalue weighted by molar-refractivity contribution is 14.1. The summed E-state index contributed by atoms with van der Waals surface area (Å²) in [6.45, 7) is 6.07. The molecule has 0 unspecified atom stereocenters. The summed E-state index contributed by atoms with van der Waals surface area (Å²) in [4.78, 5) is 5.14. The summed E-state index contributed by atoms with van der Waals surface area (Å²) < 4.78 is 1.32. The van der Waals surface area contributed by atoms with E-state index in [1.165, 1.54) is 60.1 Å². The highest BCUT2D eigenvalue weighted by Gasteiger charge is 2.20. The molecule has 1 aliphatic heterocycles. The second-order valence-corrected chi connectivity index (χ2v) is 9.02. The Morgan fingerprint density at radius 1 is 1.12 bits per heavy atom. The number of rotatable bonds is 7. The summed E-state index contributed by atoms with van der Waals surface area (Å²) in [5.41, 5.74) is 2.92. The molecule has 0 N–H and O–H groups in total. The molecule has 1 aromatic heterocycles. The van der Waals surface area contributed by atoms with E-state index in [0.29, 0.717) is 0 Å². The zero-order valence-electron chi connectivity index (χ0n) is 14.5. The van der Waals surface area contributed by atoms with Crippen LogP contribution in [-0.4, -0.2) is 43.0 Å². The van der Waals surface area contributed by atoms with Gasteiger partial charge in [-0.15, -0.1) is 0 Å². The molecule has 24 heavy (non-hydrogen) atoms. The number of nitrogens with zero attached hydrogens (tertiary/aromatic N) is 2. The van der Waals surface area contributed by atoms with E-state index >= 15 is 0 Å². The average Bonchev–Trinajstić information content (AvgIpc) is 3.08. The van der Waals surface area contributed by atoms with Crippen molar-refractivity contribution in [2.75, 3.05) is 33.2 Å². The second-order valence-electron chi connectivity index (χ2n) is 6.99. The maximum atomic E-state index is 2.65. The van der Waals surface area contributed by atoms with E-state index in [4.69, 9.17) is 0 Å². The minimum Gasteiger partial charge on any atom is -0.303 e. The van der Waals surface area contributed by atoms with Crippen LogP contribution >= 0.6 is 33.9 Å². The van der Waals surface area contributed by atoms with Gasteiger partial charge in [0.05, 0.1) is 0 Å². The Bertz CT molecular complexity index is 589. The van der Waals surface area contributed by atoms with Gasteiger partial charge in [-0.1, -0.05) is 12.1 Å². The van der Waals surface area contributed by atoms with E-state index in [2.05, 4.69) is 80.5 Å². The van der Waals surface area contributed by atoms with Gasteiger partial charge in [0.15, 0.2) is 0 Å². The van der Waals surface area contributed by atoms with E-state index in [1.54, 1.807) is 11.3 Å². The standard InChI is InChI=1S/C20H27IN2S/c1-22(15-19-9-13-24-16-19)14-18-7-11-23(12-8-18)10-6-17-2-4-20(21)5-3-17/h2-5,9,13,16,18H,6-8,10-12,14-15H2,1H3. The van der Waals surface area contributed by atoms with Gasteiger partial charge in [-0.25, -0.2) is 0 Å². The van der Waals surface area contributed by atoms with Gasteiger partial charge in [-0.2, -0.15) is 11.3 Å². The summed E-state index contributed by atoms with van der Waals surface area (Å²) in [5.74, 6) is 0.864. The predicted molar refractivity (Wildman–Crippen MR) is 113 cm³/mol. The molecule has 2 aromatic rings. The van der Waals surface area contributed by atoms with E-state index in [9.17, 15) is 0 Å². The number of piperidine rings is 1. The van der Waals surface area contributed by atoms with Crippen molar-refractivity contribution in [3.8, 4) is 0 Å². The lowest BCUT2D eigenvalue weighted by Gasteiger charge is -2.34. The fourth-order valence-electron chi connectivity index (χ4n) is 3.53. The topological polar surface area (TPSA) is 6.48 Å². The highest BCUT2D eigenvalue weighted by Crippen LogP contribution is 2.20. The zero-order valence-corrected chi connectivity index (χ0v) is 17.4. The van der Waals surface area contributed by atoms with Crippen LogP contribution in [0.1, 0.15) is 24.0 Å². The van der Waals surface area contributed by atoms with Gasteiger partial charge in [0.2, 0.25) is 0 Å². The van der Waals surface area contributed by atoms with Crippen LogP contribution in [0.3, 0.4) is 0 Å². The first kappa shape index (κ1) is 18.4. The summed E-state index contributed by atoms with van der Waals surface area (Å²) in [7, 11) is 2.26. The molecule has 130 valence electrons. The Hall–Kier alpha value is -0.430. The van der Waals surface area contributed by atoms with Gasteiger partial charge in [-0.3, -0.25) is 0 Å². The summed E-state index contributed by atoms with van der Waals surface area (Å²) in [6.07, 6.45) is 3.88. The molecule has 0 radical (unpaired) electrons. The van der Waals surface area contributed by atoms with Crippen molar-refractivity contribution < 1.29 is 0 Å². The molecule has 0 saturated carbocycles.